The maximum Gasteiger partial charge on any atom is 0.239 e. The summed E-state index contributed by atoms with van der Waals surface area (Å²) >= 11 is 0. The molecule has 1 aliphatic rings. The van der Waals surface area contributed by atoms with E-state index in [-0.39, 0.29) is 11.9 Å². The molecule has 0 saturated carbocycles. The first-order chi connectivity index (χ1) is 15.7. The molecule has 166 valence electrons. The van der Waals surface area contributed by atoms with Crippen LogP contribution < -0.4 is 4.90 Å². The largest absolute Gasteiger partial charge is 0.338 e. The first-order valence-electron chi connectivity index (χ1n) is 11.3. The summed E-state index contributed by atoms with van der Waals surface area (Å²) in [5, 5.41) is 0. The van der Waals surface area contributed by atoms with Crippen molar-refractivity contribution < 1.29 is 4.79 Å². The molecule has 6 nitrogen and oxygen atoms in total. The van der Waals surface area contributed by atoms with E-state index in [9.17, 15) is 4.79 Å². The molecule has 1 amide bonds. The number of piperazine rings is 1. The molecule has 32 heavy (non-hydrogen) atoms. The van der Waals surface area contributed by atoms with Crippen LogP contribution in [0.5, 0.6) is 0 Å². The highest BCUT2D eigenvalue weighted by Crippen LogP contribution is 2.15. The van der Waals surface area contributed by atoms with Gasteiger partial charge in [-0.15, -0.1) is 0 Å². The highest BCUT2D eigenvalue weighted by Gasteiger charge is 2.29. The molecule has 6 heteroatoms. The predicted octanol–water partition coefficient (Wildman–Crippen LogP) is 3.26. The van der Waals surface area contributed by atoms with Crippen molar-refractivity contribution in [3.8, 4) is 0 Å². The van der Waals surface area contributed by atoms with Crippen LogP contribution in [0.2, 0.25) is 0 Å². The quantitative estimate of drug-likeness (QED) is 0.550. The fourth-order valence-electron chi connectivity index (χ4n) is 4.16. The molecule has 4 rings (SSSR count). The van der Waals surface area contributed by atoms with Gasteiger partial charge in [-0.2, -0.15) is 0 Å². The highest BCUT2D eigenvalue weighted by molar-refractivity contribution is 5.81. The molecule has 2 heterocycles. The number of hydrogen-bond donors (Lipinski definition) is 0. The van der Waals surface area contributed by atoms with E-state index in [1.54, 1.807) is 12.4 Å². The van der Waals surface area contributed by atoms with Gasteiger partial charge in [-0.3, -0.25) is 9.69 Å². The summed E-state index contributed by atoms with van der Waals surface area (Å²) in [6.07, 6.45) is 4.40. The van der Waals surface area contributed by atoms with Crippen molar-refractivity contribution in [2.75, 3.05) is 37.6 Å². The third kappa shape index (κ3) is 5.71. The summed E-state index contributed by atoms with van der Waals surface area (Å²) in [6, 6.07) is 22.3. The van der Waals surface area contributed by atoms with Gasteiger partial charge in [0.15, 0.2) is 0 Å². The van der Waals surface area contributed by atoms with Crippen molar-refractivity contribution in [1.82, 2.24) is 19.8 Å². The molecule has 1 aliphatic heterocycles. The topological polar surface area (TPSA) is 52.6 Å². The van der Waals surface area contributed by atoms with Crippen molar-refractivity contribution in [2.24, 2.45) is 0 Å². The van der Waals surface area contributed by atoms with E-state index in [2.05, 4.69) is 56.2 Å². The molecule has 1 saturated heterocycles. The fraction of sp³-hybridized carbons (Fsp3) is 0.346. The maximum atomic E-state index is 13.6. The van der Waals surface area contributed by atoms with E-state index in [0.717, 1.165) is 44.1 Å². The molecule has 0 N–H and O–H groups in total. The molecule has 0 aliphatic carbocycles. The van der Waals surface area contributed by atoms with Gasteiger partial charge >= 0.3 is 0 Å². The zero-order chi connectivity index (χ0) is 22.2. The van der Waals surface area contributed by atoms with E-state index < -0.39 is 0 Å². The summed E-state index contributed by atoms with van der Waals surface area (Å²) < 4.78 is 0. The lowest BCUT2D eigenvalue weighted by Gasteiger charge is -2.39. The molecule has 3 aromatic rings. The van der Waals surface area contributed by atoms with Gasteiger partial charge in [0.25, 0.3) is 0 Å². The molecule has 1 fully saturated rings. The number of carbonyl (C=O) groups is 1. The van der Waals surface area contributed by atoms with Crippen LogP contribution >= 0.6 is 0 Å². The summed E-state index contributed by atoms with van der Waals surface area (Å²) in [5.41, 5.74) is 2.41. The van der Waals surface area contributed by atoms with E-state index in [0.29, 0.717) is 13.1 Å². The summed E-state index contributed by atoms with van der Waals surface area (Å²) in [6.45, 7) is 6.67. The number of anilines is 1. The molecular weight excluding hydrogens is 398 g/mol. The number of aromatic nitrogens is 2. The van der Waals surface area contributed by atoms with E-state index in [4.69, 9.17) is 0 Å². The second kappa shape index (κ2) is 10.9. The monoisotopic (exact) mass is 429 g/mol. The highest BCUT2D eigenvalue weighted by atomic mass is 16.2. The lowest BCUT2D eigenvalue weighted by atomic mass is 10.1. The van der Waals surface area contributed by atoms with Crippen LogP contribution in [0.3, 0.4) is 0 Å². The molecule has 0 bridgehead atoms. The van der Waals surface area contributed by atoms with Crippen LogP contribution in [0.15, 0.2) is 79.1 Å². The van der Waals surface area contributed by atoms with Gasteiger partial charge in [0.2, 0.25) is 11.9 Å². The van der Waals surface area contributed by atoms with Crippen LogP contribution in [0.25, 0.3) is 0 Å². The summed E-state index contributed by atoms with van der Waals surface area (Å²) in [5.74, 6) is 0.953. The second-order valence-electron chi connectivity index (χ2n) is 8.23. The zero-order valence-corrected chi connectivity index (χ0v) is 18.7. The Labute approximate surface area is 190 Å². The second-order valence-corrected chi connectivity index (χ2v) is 8.23. The zero-order valence-electron chi connectivity index (χ0n) is 18.7. The number of hydrogen-bond acceptors (Lipinski definition) is 5. The Morgan fingerprint density at radius 3 is 2.09 bits per heavy atom. The Morgan fingerprint density at radius 2 is 1.47 bits per heavy atom. The van der Waals surface area contributed by atoms with Crippen molar-refractivity contribution in [3.05, 3.63) is 90.3 Å². The normalized spacial score (nSPS) is 15.3. The van der Waals surface area contributed by atoms with Gasteiger partial charge in [0.05, 0.1) is 6.04 Å². The van der Waals surface area contributed by atoms with Crippen LogP contribution in [0.1, 0.15) is 18.1 Å². The number of benzene rings is 2. The molecular formula is C26H31N5O. The first-order valence-corrected chi connectivity index (χ1v) is 11.3. The SMILES string of the molecule is C[C@@H](C(=O)N(CCc1ccccc1)Cc1ccccc1)N1CCN(c2ncccn2)CC1. The van der Waals surface area contributed by atoms with Gasteiger partial charge in [-0.05, 0) is 30.5 Å². The van der Waals surface area contributed by atoms with Gasteiger partial charge in [0.1, 0.15) is 0 Å². The lowest BCUT2D eigenvalue weighted by Crippen LogP contribution is -2.55. The van der Waals surface area contributed by atoms with Gasteiger partial charge in [-0.1, -0.05) is 60.7 Å². The average molecular weight is 430 g/mol. The minimum absolute atomic E-state index is 0.159. The lowest BCUT2D eigenvalue weighted by molar-refractivity contribution is -0.137. The first kappa shape index (κ1) is 22.0. The molecule has 0 spiro atoms. The van der Waals surface area contributed by atoms with Crippen molar-refractivity contribution in [1.29, 1.82) is 0 Å². The summed E-state index contributed by atoms with van der Waals surface area (Å²) in [4.78, 5) is 28.8. The Bertz CT molecular complexity index is 959. The summed E-state index contributed by atoms with van der Waals surface area (Å²) in [7, 11) is 0. The third-order valence-corrected chi connectivity index (χ3v) is 6.10. The smallest absolute Gasteiger partial charge is 0.239 e. The number of rotatable bonds is 8. The van der Waals surface area contributed by atoms with Gasteiger partial charge < -0.3 is 9.80 Å². The van der Waals surface area contributed by atoms with Crippen LogP contribution in [0.4, 0.5) is 5.95 Å². The standard InChI is InChI=1S/C26H31N5O/c1-22(29-17-19-30(20-18-29)26-27-14-8-15-28-26)25(32)31(21-24-11-6-3-7-12-24)16-13-23-9-4-2-5-10-23/h2-12,14-15,22H,13,16-21H2,1H3/t22-/m0/s1. The minimum atomic E-state index is -0.159. The Morgan fingerprint density at radius 1 is 0.875 bits per heavy atom. The van der Waals surface area contributed by atoms with E-state index >= 15 is 0 Å². The van der Waals surface area contributed by atoms with Crippen LogP contribution in [0, 0.1) is 0 Å². The fourth-order valence-corrected chi connectivity index (χ4v) is 4.16. The Kier molecular flexibility index (Phi) is 7.46. The molecule has 1 aromatic heterocycles. The number of nitrogens with zero attached hydrogens (tertiary/aromatic N) is 5. The van der Waals surface area contributed by atoms with Crippen molar-refractivity contribution in [3.63, 3.8) is 0 Å². The van der Waals surface area contributed by atoms with Crippen LogP contribution in [-0.4, -0.2) is 64.4 Å². The Hall–Kier alpha value is -3.25. The van der Waals surface area contributed by atoms with E-state index in [1.165, 1.54) is 5.56 Å². The van der Waals surface area contributed by atoms with Gasteiger partial charge in [0, 0.05) is 51.7 Å². The average Bonchev–Trinajstić information content (AvgIpc) is 2.87. The van der Waals surface area contributed by atoms with Crippen LogP contribution in [-0.2, 0) is 17.8 Å². The third-order valence-electron chi connectivity index (χ3n) is 6.10. The molecule has 2 aromatic carbocycles. The molecule has 0 radical (unpaired) electrons. The van der Waals surface area contributed by atoms with Gasteiger partial charge in [-0.25, -0.2) is 9.97 Å². The van der Waals surface area contributed by atoms with Crippen molar-refractivity contribution in [2.45, 2.75) is 25.9 Å². The van der Waals surface area contributed by atoms with Crippen molar-refractivity contribution >= 4 is 11.9 Å². The Balaban J connectivity index is 1.40. The number of amides is 1. The molecule has 1 atom stereocenters. The number of carbonyl (C=O) groups excluding carboxylic acids is 1. The predicted molar refractivity (Wildman–Crippen MR) is 127 cm³/mol. The maximum absolute atomic E-state index is 13.6. The minimum Gasteiger partial charge on any atom is -0.338 e. The van der Waals surface area contributed by atoms with E-state index in [1.807, 2.05) is 42.2 Å². The molecule has 0 unspecified atom stereocenters.